The van der Waals surface area contributed by atoms with Crippen LogP contribution in [0, 0.1) is 0 Å². The average molecular weight is 355 g/mol. The van der Waals surface area contributed by atoms with Crippen LogP contribution in [0.1, 0.15) is 25.8 Å². The number of para-hydroxylation sites is 1. The fourth-order valence-corrected chi connectivity index (χ4v) is 4.10. The van der Waals surface area contributed by atoms with Gasteiger partial charge in [-0.2, -0.15) is 0 Å². The first-order valence-corrected chi connectivity index (χ1v) is 9.33. The van der Waals surface area contributed by atoms with Crippen LogP contribution in [-0.4, -0.2) is 49.9 Å². The van der Waals surface area contributed by atoms with Crippen LogP contribution in [0.3, 0.4) is 0 Å². The summed E-state index contributed by atoms with van der Waals surface area (Å²) in [5.74, 6) is 0.968. The lowest BCUT2D eigenvalue weighted by Gasteiger charge is -2.16. The van der Waals surface area contributed by atoms with Crippen molar-refractivity contribution in [1.82, 2.24) is 24.6 Å². The SMILES string of the molecule is CC(Sc1nnc(-c2c[nH]c3ccccc23)n1C1CC1)C(=O)N(C)C. The van der Waals surface area contributed by atoms with E-state index in [1.165, 1.54) is 11.8 Å². The third-order valence-corrected chi connectivity index (χ3v) is 5.52. The number of nitrogens with one attached hydrogen (secondary N) is 1. The van der Waals surface area contributed by atoms with Gasteiger partial charge >= 0.3 is 0 Å². The predicted molar refractivity (Wildman–Crippen MR) is 99.6 cm³/mol. The zero-order valence-corrected chi connectivity index (χ0v) is 15.4. The van der Waals surface area contributed by atoms with E-state index in [2.05, 4.69) is 31.9 Å². The van der Waals surface area contributed by atoms with Gasteiger partial charge in [0.1, 0.15) is 0 Å². The lowest BCUT2D eigenvalue weighted by molar-refractivity contribution is -0.127. The first kappa shape index (κ1) is 16.2. The molecular weight excluding hydrogens is 334 g/mol. The molecule has 0 aliphatic heterocycles. The molecule has 1 fully saturated rings. The van der Waals surface area contributed by atoms with Crippen molar-refractivity contribution >= 4 is 28.6 Å². The van der Waals surface area contributed by atoms with Gasteiger partial charge in [-0.15, -0.1) is 10.2 Å². The van der Waals surface area contributed by atoms with Crippen LogP contribution in [0.5, 0.6) is 0 Å². The van der Waals surface area contributed by atoms with Crippen LogP contribution >= 0.6 is 11.8 Å². The largest absolute Gasteiger partial charge is 0.360 e. The van der Waals surface area contributed by atoms with Gasteiger partial charge in [-0.1, -0.05) is 30.0 Å². The maximum absolute atomic E-state index is 12.2. The summed E-state index contributed by atoms with van der Waals surface area (Å²) in [6.45, 7) is 1.92. The molecule has 4 rings (SSSR count). The Balaban J connectivity index is 1.73. The van der Waals surface area contributed by atoms with Gasteiger partial charge in [0, 0.05) is 42.8 Å². The van der Waals surface area contributed by atoms with Crippen LogP contribution in [-0.2, 0) is 4.79 Å². The molecule has 0 bridgehead atoms. The van der Waals surface area contributed by atoms with E-state index in [-0.39, 0.29) is 11.2 Å². The fraction of sp³-hybridized carbons (Fsp3) is 0.389. The minimum atomic E-state index is -0.187. The van der Waals surface area contributed by atoms with E-state index in [4.69, 9.17) is 0 Å². The van der Waals surface area contributed by atoms with Crippen LogP contribution in [0.15, 0.2) is 35.6 Å². The monoisotopic (exact) mass is 355 g/mol. The molecule has 2 heterocycles. The molecule has 0 radical (unpaired) electrons. The first-order chi connectivity index (χ1) is 12.1. The van der Waals surface area contributed by atoms with Crippen molar-refractivity contribution in [2.24, 2.45) is 0 Å². The summed E-state index contributed by atoms with van der Waals surface area (Å²) in [6, 6.07) is 8.64. The zero-order valence-electron chi connectivity index (χ0n) is 14.6. The highest BCUT2D eigenvalue weighted by Gasteiger charge is 2.32. The third-order valence-electron chi connectivity index (χ3n) is 4.48. The highest BCUT2D eigenvalue weighted by molar-refractivity contribution is 8.00. The van der Waals surface area contributed by atoms with Crippen LogP contribution < -0.4 is 0 Å². The Hall–Kier alpha value is -2.28. The number of fused-ring (bicyclic) bond motifs is 1. The number of carbonyl (C=O) groups is 1. The van der Waals surface area contributed by atoms with E-state index in [1.807, 2.05) is 25.3 Å². The minimum Gasteiger partial charge on any atom is -0.360 e. The van der Waals surface area contributed by atoms with Crippen molar-refractivity contribution < 1.29 is 4.79 Å². The number of rotatable bonds is 5. The summed E-state index contributed by atoms with van der Waals surface area (Å²) >= 11 is 1.49. The Morgan fingerprint density at radius 2 is 2.08 bits per heavy atom. The number of nitrogens with zero attached hydrogens (tertiary/aromatic N) is 4. The van der Waals surface area contributed by atoms with E-state index in [0.29, 0.717) is 6.04 Å². The van der Waals surface area contributed by atoms with E-state index >= 15 is 0 Å². The molecule has 25 heavy (non-hydrogen) atoms. The molecule has 1 aliphatic rings. The Bertz CT molecular complexity index is 925. The number of thioether (sulfide) groups is 1. The van der Waals surface area contributed by atoms with Crippen molar-refractivity contribution in [2.75, 3.05) is 14.1 Å². The van der Waals surface area contributed by atoms with Crippen LogP contribution in [0.25, 0.3) is 22.3 Å². The molecule has 1 aromatic carbocycles. The van der Waals surface area contributed by atoms with E-state index < -0.39 is 0 Å². The summed E-state index contributed by atoms with van der Waals surface area (Å²) in [7, 11) is 3.56. The van der Waals surface area contributed by atoms with Gasteiger partial charge in [-0.05, 0) is 25.8 Å². The number of H-pyrrole nitrogens is 1. The van der Waals surface area contributed by atoms with Gasteiger partial charge in [-0.3, -0.25) is 9.36 Å². The highest BCUT2D eigenvalue weighted by Crippen LogP contribution is 2.42. The van der Waals surface area contributed by atoms with E-state index in [0.717, 1.165) is 40.3 Å². The Labute approximate surface area is 150 Å². The summed E-state index contributed by atoms with van der Waals surface area (Å²) < 4.78 is 2.21. The Morgan fingerprint density at radius 1 is 1.32 bits per heavy atom. The molecule has 1 unspecified atom stereocenters. The second kappa shape index (κ2) is 6.22. The lowest BCUT2D eigenvalue weighted by atomic mass is 10.1. The standard InChI is InChI=1S/C18H21N5OS/c1-11(17(24)22(2)3)25-18-21-20-16(23(18)12-8-9-12)14-10-19-15-7-5-4-6-13(14)15/h4-7,10-12,19H,8-9H2,1-3H3. The van der Waals surface area contributed by atoms with Crippen molar-refractivity contribution in [3.8, 4) is 11.4 Å². The predicted octanol–water partition coefficient (Wildman–Crippen LogP) is 3.33. The quantitative estimate of drug-likeness (QED) is 0.713. The normalized spacial score (nSPS) is 15.5. The first-order valence-electron chi connectivity index (χ1n) is 8.45. The fourth-order valence-electron chi connectivity index (χ4n) is 3.03. The molecule has 0 spiro atoms. The number of hydrogen-bond donors (Lipinski definition) is 1. The molecule has 130 valence electrons. The number of hydrogen-bond acceptors (Lipinski definition) is 4. The Morgan fingerprint density at radius 3 is 2.80 bits per heavy atom. The smallest absolute Gasteiger partial charge is 0.235 e. The van der Waals surface area contributed by atoms with E-state index in [1.54, 1.807) is 19.0 Å². The molecule has 6 nitrogen and oxygen atoms in total. The second-order valence-electron chi connectivity index (χ2n) is 6.65. The maximum atomic E-state index is 12.2. The Kier molecular flexibility index (Phi) is 4.03. The minimum absolute atomic E-state index is 0.0870. The number of aromatic amines is 1. The number of amides is 1. The van der Waals surface area contributed by atoms with Crippen molar-refractivity contribution in [1.29, 1.82) is 0 Å². The third kappa shape index (κ3) is 2.93. The summed E-state index contributed by atoms with van der Waals surface area (Å²) in [5.41, 5.74) is 2.15. The van der Waals surface area contributed by atoms with Gasteiger partial charge in [0.2, 0.25) is 5.91 Å². The van der Waals surface area contributed by atoms with Gasteiger partial charge in [0.15, 0.2) is 11.0 Å². The van der Waals surface area contributed by atoms with Crippen molar-refractivity contribution in [3.63, 3.8) is 0 Å². The van der Waals surface area contributed by atoms with Gasteiger partial charge in [-0.25, -0.2) is 0 Å². The van der Waals surface area contributed by atoms with Crippen LogP contribution in [0.4, 0.5) is 0 Å². The molecule has 1 aliphatic carbocycles. The van der Waals surface area contributed by atoms with Gasteiger partial charge in [0.25, 0.3) is 0 Å². The number of carbonyl (C=O) groups excluding carboxylic acids is 1. The zero-order chi connectivity index (χ0) is 17.6. The molecule has 3 aromatic rings. The topological polar surface area (TPSA) is 66.8 Å². The molecular formula is C18H21N5OS. The molecule has 1 saturated carbocycles. The van der Waals surface area contributed by atoms with Gasteiger partial charge in [0.05, 0.1) is 5.25 Å². The summed E-state index contributed by atoms with van der Waals surface area (Å²) in [6.07, 6.45) is 4.27. The van der Waals surface area contributed by atoms with Gasteiger partial charge < -0.3 is 9.88 Å². The van der Waals surface area contributed by atoms with Crippen molar-refractivity contribution in [3.05, 3.63) is 30.5 Å². The molecule has 1 atom stereocenters. The highest BCUT2D eigenvalue weighted by atomic mass is 32.2. The summed E-state index contributed by atoms with van der Waals surface area (Å²) in [4.78, 5) is 17.1. The van der Waals surface area contributed by atoms with Crippen molar-refractivity contribution in [2.45, 2.75) is 36.2 Å². The summed E-state index contributed by atoms with van der Waals surface area (Å²) in [5, 5.41) is 10.7. The van der Waals surface area contributed by atoms with E-state index in [9.17, 15) is 4.79 Å². The molecule has 1 amide bonds. The average Bonchev–Trinajstić information content (AvgIpc) is 3.22. The maximum Gasteiger partial charge on any atom is 0.235 e. The number of benzene rings is 1. The number of aromatic nitrogens is 4. The lowest BCUT2D eigenvalue weighted by Crippen LogP contribution is -2.29. The molecule has 7 heteroatoms. The molecule has 1 N–H and O–H groups in total. The second-order valence-corrected chi connectivity index (χ2v) is 7.96. The molecule has 0 saturated heterocycles. The van der Waals surface area contributed by atoms with Crippen LogP contribution in [0.2, 0.25) is 0 Å². The molecule has 2 aromatic heterocycles.